The van der Waals surface area contributed by atoms with E-state index in [1.54, 1.807) is 49.1 Å². The fourth-order valence-corrected chi connectivity index (χ4v) is 2.97. The Labute approximate surface area is 164 Å². The number of hydrogen-bond donors (Lipinski definition) is 3. The summed E-state index contributed by atoms with van der Waals surface area (Å²) in [5.41, 5.74) is 0. The smallest absolute Gasteiger partial charge is 0.240 e. The molecule has 0 atom stereocenters. The maximum absolute atomic E-state index is 12.1. The molecule has 2 rings (SSSR count). The lowest BCUT2D eigenvalue weighted by Crippen LogP contribution is -2.41. The quantitative estimate of drug-likeness (QED) is 0.224. The molecule has 0 aliphatic heterocycles. The highest BCUT2D eigenvalue weighted by Crippen LogP contribution is 2.06. The molecular formula is C14H22IN7O2S. The molecule has 1 aromatic heterocycles. The summed E-state index contributed by atoms with van der Waals surface area (Å²) in [6.07, 6.45) is 1.48. The fraction of sp³-hybridized carbons (Fsp3) is 0.357. The molecule has 11 heteroatoms. The normalized spacial score (nSPS) is 11.7. The lowest BCUT2D eigenvalue weighted by Gasteiger charge is -2.12. The number of nitrogens with one attached hydrogen (secondary N) is 3. The Kier molecular flexibility index (Phi) is 8.78. The standard InChI is InChI=1S/C14H21N7O2S.HI/c1-15-14(17-10-13-18-11-19-21(13)2)16-8-9-20-24(22,23)12-6-4-3-5-7-12;/h3-7,11,20H,8-10H2,1-2H3,(H2,15,16,17);1H. The van der Waals surface area contributed by atoms with Crippen molar-refractivity contribution in [3.05, 3.63) is 42.5 Å². The van der Waals surface area contributed by atoms with Gasteiger partial charge in [-0.25, -0.2) is 18.1 Å². The summed E-state index contributed by atoms with van der Waals surface area (Å²) in [4.78, 5) is 8.41. The number of guanidine groups is 1. The number of aryl methyl sites for hydroxylation is 1. The van der Waals surface area contributed by atoms with Gasteiger partial charge in [-0.15, -0.1) is 24.0 Å². The third-order valence-electron chi connectivity index (χ3n) is 3.21. The van der Waals surface area contributed by atoms with Crippen LogP contribution in [0.2, 0.25) is 0 Å². The van der Waals surface area contributed by atoms with Crippen molar-refractivity contribution < 1.29 is 8.42 Å². The minimum atomic E-state index is -3.49. The van der Waals surface area contributed by atoms with E-state index in [1.807, 2.05) is 0 Å². The summed E-state index contributed by atoms with van der Waals surface area (Å²) in [6, 6.07) is 8.25. The number of aromatic nitrogens is 3. The van der Waals surface area contributed by atoms with Gasteiger partial charge >= 0.3 is 0 Å². The largest absolute Gasteiger partial charge is 0.355 e. The van der Waals surface area contributed by atoms with E-state index < -0.39 is 10.0 Å². The molecular weight excluding hydrogens is 457 g/mol. The molecule has 0 radical (unpaired) electrons. The van der Waals surface area contributed by atoms with Gasteiger partial charge in [0.2, 0.25) is 10.0 Å². The molecule has 0 unspecified atom stereocenters. The van der Waals surface area contributed by atoms with Crippen LogP contribution in [0.5, 0.6) is 0 Å². The summed E-state index contributed by atoms with van der Waals surface area (Å²) in [6.45, 7) is 1.10. The number of sulfonamides is 1. The molecule has 0 saturated heterocycles. The predicted octanol–water partition coefficient (Wildman–Crippen LogP) is 0.0766. The zero-order valence-electron chi connectivity index (χ0n) is 14.0. The zero-order valence-corrected chi connectivity index (χ0v) is 17.2. The van der Waals surface area contributed by atoms with Crippen molar-refractivity contribution in [1.29, 1.82) is 0 Å². The van der Waals surface area contributed by atoms with Crippen LogP contribution in [0.4, 0.5) is 0 Å². The van der Waals surface area contributed by atoms with Crippen LogP contribution < -0.4 is 15.4 Å². The van der Waals surface area contributed by atoms with Crippen molar-refractivity contribution in [2.24, 2.45) is 12.0 Å². The monoisotopic (exact) mass is 479 g/mol. The van der Waals surface area contributed by atoms with Gasteiger partial charge in [-0.3, -0.25) is 9.67 Å². The molecule has 0 spiro atoms. The Morgan fingerprint density at radius 3 is 2.52 bits per heavy atom. The Hall–Kier alpha value is -1.73. The van der Waals surface area contributed by atoms with Crippen molar-refractivity contribution in [2.45, 2.75) is 11.4 Å². The van der Waals surface area contributed by atoms with Gasteiger partial charge < -0.3 is 10.6 Å². The minimum absolute atomic E-state index is 0. The van der Waals surface area contributed by atoms with E-state index >= 15 is 0 Å². The highest BCUT2D eigenvalue weighted by Gasteiger charge is 2.12. The van der Waals surface area contributed by atoms with Gasteiger partial charge in [-0.1, -0.05) is 18.2 Å². The third-order valence-corrected chi connectivity index (χ3v) is 4.68. The van der Waals surface area contributed by atoms with Gasteiger partial charge in [0.05, 0.1) is 11.4 Å². The van der Waals surface area contributed by atoms with Crippen LogP contribution in [0.1, 0.15) is 5.82 Å². The van der Waals surface area contributed by atoms with Gasteiger partial charge in [0.25, 0.3) is 0 Å². The average Bonchev–Trinajstić information content (AvgIpc) is 3.00. The Bertz CT molecular complexity index is 777. The summed E-state index contributed by atoms with van der Waals surface area (Å²) in [5, 5.41) is 10.1. The van der Waals surface area contributed by atoms with E-state index in [1.165, 1.54) is 6.33 Å². The van der Waals surface area contributed by atoms with Crippen LogP contribution in [-0.2, 0) is 23.6 Å². The van der Waals surface area contributed by atoms with Crippen molar-refractivity contribution in [2.75, 3.05) is 20.1 Å². The third kappa shape index (κ3) is 6.59. The van der Waals surface area contributed by atoms with Crippen molar-refractivity contribution in [1.82, 2.24) is 30.1 Å². The lowest BCUT2D eigenvalue weighted by atomic mass is 10.4. The van der Waals surface area contributed by atoms with Crippen LogP contribution in [0.25, 0.3) is 0 Å². The molecule has 0 amide bonds. The first-order valence-corrected chi connectivity index (χ1v) is 8.83. The van der Waals surface area contributed by atoms with Crippen LogP contribution in [-0.4, -0.2) is 49.3 Å². The number of aliphatic imine (C=N–C) groups is 1. The highest BCUT2D eigenvalue weighted by molar-refractivity contribution is 14.0. The number of benzene rings is 1. The second-order valence-electron chi connectivity index (χ2n) is 4.86. The summed E-state index contributed by atoms with van der Waals surface area (Å²) in [7, 11) is -0.0470. The van der Waals surface area contributed by atoms with Gasteiger partial charge in [-0.05, 0) is 12.1 Å². The molecule has 138 valence electrons. The van der Waals surface area contributed by atoms with Crippen LogP contribution >= 0.6 is 24.0 Å². The van der Waals surface area contributed by atoms with Crippen LogP contribution in [0.15, 0.2) is 46.5 Å². The second-order valence-corrected chi connectivity index (χ2v) is 6.63. The molecule has 25 heavy (non-hydrogen) atoms. The molecule has 0 bridgehead atoms. The first kappa shape index (κ1) is 21.3. The van der Waals surface area contributed by atoms with Gasteiger partial charge in [0.1, 0.15) is 12.2 Å². The molecule has 0 fully saturated rings. The molecule has 1 aromatic carbocycles. The zero-order chi connectivity index (χ0) is 17.4. The van der Waals surface area contributed by atoms with Gasteiger partial charge in [0, 0.05) is 27.2 Å². The Morgan fingerprint density at radius 2 is 1.92 bits per heavy atom. The Balaban J connectivity index is 0.00000312. The maximum atomic E-state index is 12.1. The molecule has 9 nitrogen and oxygen atoms in total. The average molecular weight is 479 g/mol. The SMILES string of the molecule is CN=C(NCCNS(=O)(=O)c1ccccc1)NCc1ncnn1C.I. The minimum Gasteiger partial charge on any atom is -0.355 e. The first-order chi connectivity index (χ1) is 11.5. The number of halogens is 1. The molecule has 2 aromatic rings. The van der Waals surface area contributed by atoms with Crippen molar-refractivity contribution in [3.8, 4) is 0 Å². The predicted molar refractivity (Wildman–Crippen MR) is 106 cm³/mol. The lowest BCUT2D eigenvalue weighted by molar-refractivity contribution is 0.580. The summed E-state index contributed by atoms with van der Waals surface area (Å²) >= 11 is 0. The van der Waals surface area contributed by atoms with E-state index in [9.17, 15) is 8.42 Å². The molecule has 3 N–H and O–H groups in total. The number of nitrogens with zero attached hydrogens (tertiary/aromatic N) is 4. The van der Waals surface area contributed by atoms with E-state index in [0.29, 0.717) is 19.0 Å². The molecule has 0 aliphatic carbocycles. The van der Waals surface area contributed by atoms with E-state index in [2.05, 4.69) is 30.4 Å². The van der Waals surface area contributed by atoms with Crippen LogP contribution in [0.3, 0.4) is 0 Å². The summed E-state index contributed by atoms with van der Waals surface area (Å²) in [5.74, 6) is 1.32. The number of hydrogen-bond acceptors (Lipinski definition) is 5. The van der Waals surface area contributed by atoms with Gasteiger partial charge in [-0.2, -0.15) is 5.10 Å². The van der Waals surface area contributed by atoms with E-state index in [0.717, 1.165) is 5.82 Å². The van der Waals surface area contributed by atoms with Crippen molar-refractivity contribution in [3.63, 3.8) is 0 Å². The maximum Gasteiger partial charge on any atom is 0.240 e. The Morgan fingerprint density at radius 1 is 1.20 bits per heavy atom. The molecule has 0 saturated carbocycles. The fourth-order valence-electron chi connectivity index (χ4n) is 1.91. The highest BCUT2D eigenvalue weighted by atomic mass is 127. The second kappa shape index (κ2) is 10.3. The first-order valence-electron chi connectivity index (χ1n) is 7.35. The molecule has 0 aliphatic rings. The van der Waals surface area contributed by atoms with Crippen LogP contribution in [0, 0.1) is 0 Å². The van der Waals surface area contributed by atoms with Crippen molar-refractivity contribution >= 4 is 40.0 Å². The van der Waals surface area contributed by atoms with E-state index in [-0.39, 0.29) is 35.4 Å². The summed E-state index contributed by atoms with van der Waals surface area (Å²) < 4.78 is 28.3. The van der Waals surface area contributed by atoms with Gasteiger partial charge in [0.15, 0.2) is 5.96 Å². The van der Waals surface area contributed by atoms with E-state index in [4.69, 9.17) is 0 Å². The molecule has 1 heterocycles. The topological polar surface area (TPSA) is 113 Å². The number of rotatable bonds is 7.